The van der Waals surface area contributed by atoms with Crippen LogP contribution >= 0.6 is 0 Å². The number of carbonyl (C=O) groups excluding carboxylic acids is 2. The first kappa shape index (κ1) is 14.9. The smallest absolute Gasteiger partial charge is 0.321 e. The fourth-order valence-corrected chi connectivity index (χ4v) is 1.20. The van der Waals surface area contributed by atoms with Crippen LogP contribution < -0.4 is 16.0 Å². The molecule has 0 aliphatic heterocycles. The van der Waals surface area contributed by atoms with Gasteiger partial charge in [0, 0.05) is 19.2 Å². The zero-order valence-corrected chi connectivity index (χ0v) is 10.0. The Hall–Kier alpha value is -1.14. The molecule has 0 saturated carbocycles. The van der Waals surface area contributed by atoms with Gasteiger partial charge in [0.05, 0.1) is 6.04 Å². The summed E-state index contributed by atoms with van der Waals surface area (Å²) < 4.78 is 0. The van der Waals surface area contributed by atoms with Crippen LogP contribution in [0.15, 0.2) is 0 Å². The molecule has 0 bridgehead atoms. The van der Waals surface area contributed by atoms with Crippen molar-refractivity contribution in [3.63, 3.8) is 0 Å². The summed E-state index contributed by atoms with van der Waals surface area (Å²) in [5.74, 6) is -0.379. The SMILES string of the molecule is CCNC(=O)NC(=O)C(C)NC(C)CCO. The maximum atomic E-state index is 11.5. The van der Waals surface area contributed by atoms with Crippen LogP contribution in [0.1, 0.15) is 27.2 Å². The van der Waals surface area contributed by atoms with Crippen molar-refractivity contribution in [1.82, 2.24) is 16.0 Å². The molecule has 94 valence electrons. The monoisotopic (exact) mass is 231 g/mol. The molecule has 0 heterocycles. The average molecular weight is 231 g/mol. The van der Waals surface area contributed by atoms with Crippen LogP contribution in [-0.2, 0) is 4.79 Å². The quantitative estimate of drug-likeness (QED) is 0.500. The highest BCUT2D eigenvalue weighted by Crippen LogP contribution is 1.92. The maximum absolute atomic E-state index is 11.5. The summed E-state index contributed by atoms with van der Waals surface area (Å²) in [5, 5.41) is 16.4. The number of imide groups is 1. The minimum absolute atomic E-state index is 0.0278. The van der Waals surface area contributed by atoms with E-state index in [1.54, 1.807) is 13.8 Å². The van der Waals surface area contributed by atoms with Crippen molar-refractivity contribution in [3.05, 3.63) is 0 Å². The molecule has 0 radical (unpaired) electrons. The summed E-state index contributed by atoms with van der Waals surface area (Å²) in [6.07, 6.45) is 0.568. The Labute approximate surface area is 95.8 Å². The molecule has 0 aliphatic rings. The zero-order chi connectivity index (χ0) is 12.6. The van der Waals surface area contributed by atoms with Crippen molar-refractivity contribution in [2.24, 2.45) is 0 Å². The molecule has 0 spiro atoms. The fraction of sp³-hybridized carbons (Fsp3) is 0.800. The highest BCUT2D eigenvalue weighted by Gasteiger charge is 2.16. The Morgan fingerprint density at radius 1 is 1.31 bits per heavy atom. The van der Waals surface area contributed by atoms with Crippen LogP contribution in [0, 0.1) is 0 Å². The number of aliphatic hydroxyl groups excluding tert-OH is 1. The lowest BCUT2D eigenvalue weighted by atomic mass is 10.2. The molecular weight excluding hydrogens is 210 g/mol. The molecule has 2 atom stereocenters. The summed E-state index contributed by atoms with van der Waals surface area (Å²) in [4.78, 5) is 22.5. The topological polar surface area (TPSA) is 90.5 Å². The van der Waals surface area contributed by atoms with E-state index in [0.29, 0.717) is 13.0 Å². The van der Waals surface area contributed by atoms with Crippen molar-refractivity contribution >= 4 is 11.9 Å². The van der Waals surface area contributed by atoms with Gasteiger partial charge in [-0.1, -0.05) is 0 Å². The number of amides is 3. The number of hydrogen-bond donors (Lipinski definition) is 4. The first-order valence-electron chi connectivity index (χ1n) is 5.46. The van der Waals surface area contributed by atoms with E-state index >= 15 is 0 Å². The van der Waals surface area contributed by atoms with Gasteiger partial charge >= 0.3 is 6.03 Å². The molecule has 6 nitrogen and oxygen atoms in total. The lowest BCUT2D eigenvalue weighted by molar-refractivity contribution is -0.121. The number of hydrogen-bond acceptors (Lipinski definition) is 4. The van der Waals surface area contributed by atoms with Crippen molar-refractivity contribution in [2.45, 2.75) is 39.3 Å². The number of nitrogens with one attached hydrogen (secondary N) is 3. The van der Waals surface area contributed by atoms with E-state index in [2.05, 4.69) is 16.0 Å². The van der Waals surface area contributed by atoms with E-state index in [-0.39, 0.29) is 18.6 Å². The molecule has 3 amide bonds. The summed E-state index contributed by atoms with van der Waals surface area (Å²) in [6, 6.07) is -0.930. The van der Waals surface area contributed by atoms with Crippen LogP contribution in [0.2, 0.25) is 0 Å². The molecule has 0 rings (SSSR count). The van der Waals surface area contributed by atoms with Crippen LogP contribution in [-0.4, -0.2) is 42.3 Å². The molecular formula is C10H21N3O3. The highest BCUT2D eigenvalue weighted by molar-refractivity contribution is 5.96. The van der Waals surface area contributed by atoms with E-state index in [1.807, 2.05) is 6.92 Å². The molecule has 6 heteroatoms. The Balaban J connectivity index is 3.94. The summed E-state index contributed by atoms with van der Waals surface area (Å²) >= 11 is 0. The van der Waals surface area contributed by atoms with Crippen LogP contribution in [0.3, 0.4) is 0 Å². The summed E-state index contributed by atoms with van der Waals surface area (Å²) in [6.45, 7) is 5.85. The third-order valence-corrected chi connectivity index (χ3v) is 2.06. The van der Waals surface area contributed by atoms with Crippen LogP contribution in [0.4, 0.5) is 4.79 Å². The van der Waals surface area contributed by atoms with Gasteiger partial charge in [0.25, 0.3) is 0 Å². The van der Waals surface area contributed by atoms with Crippen molar-refractivity contribution in [3.8, 4) is 0 Å². The van der Waals surface area contributed by atoms with Crippen LogP contribution in [0.5, 0.6) is 0 Å². The molecule has 2 unspecified atom stereocenters. The largest absolute Gasteiger partial charge is 0.396 e. The van der Waals surface area contributed by atoms with Crippen molar-refractivity contribution < 1.29 is 14.7 Å². The molecule has 0 aliphatic carbocycles. The first-order valence-corrected chi connectivity index (χ1v) is 5.46. The normalized spacial score (nSPS) is 14.0. The van der Waals surface area contributed by atoms with E-state index in [4.69, 9.17) is 5.11 Å². The second kappa shape index (κ2) is 8.06. The van der Waals surface area contributed by atoms with Gasteiger partial charge in [0.2, 0.25) is 5.91 Å². The first-order chi connectivity index (χ1) is 7.51. The van der Waals surface area contributed by atoms with E-state index < -0.39 is 12.1 Å². The number of aliphatic hydroxyl groups is 1. The van der Waals surface area contributed by atoms with Gasteiger partial charge < -0.3 is 15.7 Å². The van der Waals surface area contributed by atoms with Crippen molar-refractivity contribution in [2.75, 3.05) is 13.2 Å². The third kappa shape index (κ3) is 6.36. The lowest BCUT2D eigenvalue weighted by Gasteiger charge is -2.18. The number of urea groups is 1. The molecule has 16 heavy (non-hydrogen) atoms. The molecule has 0 saturated heterocycles. The van der Waals surface area contributed by atoms with Gasteiger partial charge in [0.15, 0.2) is 0 Å². The van der Waals surface area contributed by atoms with Gasteiger partial charge in [-0.05, 0) is 27.2 Å². The van der Waals surface area contributed by atoms with Gasteiger partial charge in [-0.15, -0.1) is 0 Å². The van der Waals surface area contributed by atoms with Gasteiger partial charge in [-0.2, -0.15) is 0 Å². The minimum atomic E-state index is -0.490. The Morgan fingerprint density at radius 2 is 1.94 bits per heavy atom. The number of rotatable bonds is 6. The molecule has 0 aromatic rings. The summed E-state index contributed by atoms with van der Waals surface area (Å²) in [5.41, 5.74) is 0. The van der Waals surface area contributed by atoms with Gasteiger partial charge in [0.1, 0.15) is 0 Å². The van der Waals surface area contributed by atoms with Gasteiger partial charge in [-0.3, -0.25) is 10.1 Å². The van der Waals surface area contributed by atoms with E-state index in [0.717, 1.165) is 0 Å². The predicted octanol–water partition coefficient (Wildman–Crippen LogP) is -0.419. The standard InChI is InChI=1S/C10H21N3O3/c1-4-11-10(16)13-9(15)8(3)12-7(2)5-6-14/h7-8,12,14H,4-6H2,1-3H3,(H2,11,13,15,16). The predicted molar refractivity (Wildman–Crippen MR) is 61.0 cm³/mol. The molecule has 0 aromatic heterocycles. The van der Waals surface area contributed by atoms with E-state index in [1.165, 1.54) is 0 Å². The van der Waals surface area contributed by atoms with Gasteiger partial charge in [-0.25, -0.2) is 4.79 Å². The number of carbonyl (C=O) groups is 2. The fourth-order valence-electron chi connectivity index (χ4n) is 1.20. The Morgan fingerprint density at radius 3 is 2.44 bits per heavy atom. The second-order valence-electron chi connectivity index (χ2n) is 3.65. The highest BCUT2D eigenvalue weighted by atomic mass is 16.3. The van der Waals surface area contributed by atoms with E-state index in [9.17, 15) is 9.59 Å². The average Bonchev–Trinajstić information content (AvgIpc) is 2.17. The maximum Gasteiger partial charge on any atom is 0.321 e. The minimum Gasteiger partial charge on any atom is -0.396 e. The molecule has 0 aromatic carbocycles. The lowest BCUT2D eigenvalue weighted by Crippen LogP contribution is -2.50. The second-order valence-corrected chi connectivity index (χ2v) is 3.65. The molecule has 4 N–H and O–H groups in total. The third-order valence-electron chi connectivity index (χ3n) is 2.06. The summed E-state index contributed by atoms with van der Waals surface area (Å²) in [7, 11) is 0. The molecule has 0 fully saturated rings. The zero-order valence-electron chi connectivity index (χ0n) is 10.0. The van der Waals surface area contributed by atoms with Crippen LogP contribution in [0.25, 0.3) is 0 Å². The Bertz CT molecular complexity index is 233. The van der Waals surface area contributed by atoms with Crippen molar-refractivity contribution in [1.29, 1.82) is 0 Å². The Kier molecular flexibility index (Phi) is 7.49.